The summed E-state index contributed by atoms with van der Waals surface area (Å²) in [7, 11) is -0.920. The fraction of sp³-hybridized carbons (Fsp3) is 0.381. The minimum atomic E-state index is -3.57. The van der Waals surface area contributed by atoms with Crippen LogP contribution in [0.15, 0.2) is 59.2 Å². The van der Waals surface area contributed by atoms with Gasteiger partial charge in [0.15, 0.2) is 0 Å². The Labute approximate surface area is 381 Å². The molecule has 0 radical (unpaired) electrons. The third kappa shape index (κ3) is 9.30. The van der Waals surface area contributed by atoms with Crippen molar-refractivity contribution in [3.8, 4) is 0 Å². The molecule has 0 aliphatic carbocycles. The van der Waals surface area contributed by atoms with E-state index in [2.05, 4.69) is 51.6 Å². The highest BCUT2D eigenvalue weighted by molar-refractivity contribution is 9.10. The van der Waals surface area contributed by atoms with E-state index in [9.17, 15) is 23.7 Å². The molecule has 3 saturated heterocycles. The minimum Gasteiger partial charge on any atom is -0.369 e. The van der Waals surface area contributed by atoms with Crippen LogP contribution < -0.4 is 31.1 Å². The highest BCUT2D eigenvalue weighted by atomic mass is 79.9. The van der Waals surface area contributed by atoms with E-state index in [4.69, 9.17) is 32.2 Å². The van der Waals surface area contributed by atoms with Crippen LogP contribution in [0.2, 0.25) is 10.0 Å². The molecular weight excluding hydrogens is 943 g/mol. The van der Waals surface area contributed by atoms with Gasteiger partial charge in [0, 0.05) is 66.1 Å². The van der Waals surface area contributed by atoms with Gasteiger partial charge >= 0.3 is 7.60 Å². The van der Waals surface area contributed by atoms with Crippen LogP contribution in [0.3, 0.4) is 0 Å². The number of fused-ring (bicyclic) bond motifs is 1. The number of rotatable bonds is 13. The fourth-order valence-electron chi connectivity index (χ4n) is 8.49. The smallest absolute Gasteiger partial charge is 0.362 e. The number of hydrogen-bond donors (Lipinski definition) is 3. The summed E-state index contributed by atoms with van der Waals surface area (Å²) in [5.74, 6) is -2.04. The first-order valence-electron chi connectivity index (χ1n) is 20.4. The van der Waals surface area contributed by atoms with Gasteiger partial charge in [-0.2, -0.15) is 4.98 Å². The number of nitrogens with zero attached hydrogens (tertiary/aromatic N) is 6. The molecule has 3 fully saturated rings. The zero-order valence-electron chi connectivity index (χ0n) is 34.3. The van der Waals surface area contributed by atoms with Gasteiger partial charge in [-0.25, -0.2) is 9.37 Å². The molecule has 0 bridgehead atoms. The third-order valence-corrected chi connectivity index (χ3v) is 15.1. The number of carbonyl (C=O) groups excluding carboxylic acids is 4. The molecule has 332 valence electrons. The molecule has 16 nitrogen and oxygen atoms in total. The molecule has 5 heterocycles. The SMILES string of the molecule is COP(=O)(OC)c1ccccc1Nc1nc(Nc2cc(Cl)c(N3CCN(CCC4CCN(c5cc6c(cc5F)C(=O)N(C5CCC(=O)NC5=O)C6=O)CC4)CC3)cc2Cl)ncc1Br. The van der Waals surface area contributed by atoms with Crippen molar-refractivity contribution in [1.82, 2.24) is 25.1 Å². The molecule has 1 unspecified atom stereocenters. The first-order valence-corrected chi connectivity index (χ1v) is 23.5. The highest BCUT2D eigenvalue weighted by Gasteiger charge is 2.45. The van der Waals surface area contributed by atoms with E-state index in [1.54, 1.807) is 36.5 Å². The van der Waals surface area contributed by atoms with E-state index in [1.165, 1.54) is 20.3 Å². The number of nitrogens with one attached hydrogen (secondary N) is 3. The Bertz CT molecular complexity index is 2520. The van der Waals surface area contributed by atoms with E-state index < -0.39 is 43.1 Å². The van der Waals surface area contributed by atoms with Crippen molar-refractivity contribution in [1.29, 1.82) is 0 Å². The van der Waals surface area contributed by atoms with Crippen LogP contribution in [0, 0.1) is 11.7 Å². The molecule has 0 spiro atoms. The fourth-order valence-corrected chi connectivity index (χ4v) is 10.5. The van der Waals surface area contributed by atoms with Gasteiger partial charge in [-0.1, -0.05) is 35.3 Å². The quantitative estimate of drug-likeness (QED) is 0.0912. The lowest BCUT2D eigenvalue weighted by molar-refractivity contribution is -0.136. The molecule has 1 aromatic heterocycles. The average molecular weight is 988 g/mol. The van der Waals surface area contributed by atoms with Crippen LogP contribution in [0.4, 0.5) is 38.9 Å². The Balaban J connectivity index is 0.824. The maximum Gasteiger partial charge on any atom is 0.362 e. The summed E-state index contributed by atoms with van der Waals surface area (Å²) < 4.78 is 39.7. The van der Waals surface area contributed by atoms with Crippen LogP contribution in [-0.4, -0.2) is 109 Å². The van der Waals surface area contributed by atoms with Gasteiger partial charge in [-0.15, -0.1) is 0 Å². The second kappa shape index (κ2) is 18.8. The second-order valence-electron chi connectivity index (χ2n) is 15.6. The normalized spacial score (nSPS) is 18.8. The van der Waals surface area contributed by atoms with Crippen molar-refractivity contribution in [3.05, 3.63) is 86.2 Å². The van der Waals surface area contributed by atoms with Gasteiger partial charge < -0.3 is 29.5 Å². The van der Waals surface area contributed by atoms with Crippen LogP contribution in [0.5, 0.6) is 0 Å². The number of piperazine rings is 1. The van der Waals surface area contributed by atoms with Gasteiger partial charge in [0.05, 0.1) is 53.7 Å². The molecule has 1 atom stereocenters. The Morgan fingerprint density at radius 3 is 2.24 bits per heavy atom. The van der Waals surface area contributed by atoms with E-state index in [0.29, 0.717) is 56.0 Å². The first-order chi connectivity index (χ1) is 30.3. The number of anilines is 6. The number of carbonyl (C=O) groups is 4. The third-order valence-electron chi connectivity index (χ3n) is 12.0. The summed E-state index contributed by atoms with van der Waals surface area (Å²) in [6.07, 6.45) is 4.31. The molecule has 63 heavy (non-hydrogen) atoms. The van der Waals surface area contributed by atoms with Crippen molar-refractivity contribution in [2.24, 2.45) is 5.92 Å². The molecule has 8 rings (SSSR count). The number of imide groups is 2. The van der Waals surface area contributed by atoms with Crippen molar-refractivity contribution >= 4 is 110 Å². The Kier molecular flexibility index (Phi) is 13.4. The van der Waals surface area contributed by atoms with E-state index in [-0.39, 0.29) is 35.6 Å². The van der Waals surface area contributed by atoms with Crippen molar-refractivity contribution in [2.75, 3.05) is 80.5 Å². The molecule has 4 amide bonds. The average Bonchev–Trinajstić information content (AvgIpc) is 3.52. The first kappa shape index (κ1) is 44.9. The topological polar surface area (TPSA) is 179 Å². The standard InChI is InChI=1S/C42H44BrCl2FN9O7P/c1-61-63(60,62-2)36-6-4-3-5-31(36)48-38-27(43)23-47-42(51-38)49-32-21-29(45)34(22-28(32)44)54-17-15-52(16-18-54)12-9-24-10-13-53(14-11-24)35-20-26-25(19-30(35)46)40(58)55(41(26)59)33-7-8-37(56)50-39(33)57/h3-6,19-24,33H,7-18H2,1-2H3,(H,50,56,57)(H2,47,48,49,51). The summed E-state index contributed by atoms with van der Waals surface area (Å²) in [6, 6.07) is 11.9. The van der Waals surface area contributed by atoms with E-state index in [1.807, 2.05) is 11.0 Å². The molecule has 4 aliphatic rings. The summed E-state index contributed by atoms with van der Waals surface area (Å²) in [6.45, 7) is 5.32. The molecule has 21 heteroatoms. The van der Waals surface area contributed by atoms with Crippen LogP contribution in [0.1, 0.15) is 52.8 Å². The largest absolute Gasteiger partial charge is 0.369 e. The van der Waals surface area contributed by atoms with Gasteiger partial charge in [0.25, 0.3) is 11.8 Å². The van der Waals surface area contributed by atoms with Crippen LogP contribution in [-0.2, 0) is 23.2 Å². The molecule has 0 saturated carbocycles. The predicted octanol–water partition coefficient (Wildman–Crippen LogP) is 7.11. The van der Waals surface area contributed by atoms with Crippen LogP contribution in [0.25, 0.3) is 0 Å². The molecular formula is C42H44BrCl2FN9O7P. The summed E-state index contributed by atoms with van der Waals surface area (Å²) in [4.78, 5) is 67.0. The molecule has 4 aliphatic heterocycles. The van der Waals surface area contributed by atoms with Crippen molar-refractivity contribution < 1.29 is 37.2 Å². The van der Waals surface area contributed by atoms with Gasteiger partial charge in [0.1, 0.15) is 17.7 Å². The van der Waals surface area contributed by atoms with E-state index in [0.717, 1.165) is 68.6 Å². The second-order valence-corrected chi connectivity index (χ2v) is 19.5. The Morgan fingerprint density at radius 1 is 0.857 bits per heavy atom. The lowest BCUT2D eigenvalue weighted by atomic mass is 9.92. The maximum absolute atomic E-state index is 15.5. The van der Waals surface area contributed by atoms with Crippen LogP contribution >= 0.6 is 46.7 Å². The molecule has 3 aromatic carbocycles. The number of benzene rings is 3. The summed E-state index contributed by atoms with van der Waals surface area (Å²) in [5, 5.41) is 9.83. The van der Waals surface area contributed by atoms with E-state index >= 15 is 4.39 Å². The molecule has 3 N–H and O–H groups in total. The monoisotopic (exact) mass is 985 g/mol. The number of piperidine rings is 2. The van der Waals surface area contributed by atoms with Crippen molar-refractivity contribution in [2.45, 2.75) is 38.1 Å². The Morgan fingerprint density at radius 2 is 1.54 bits per heavy atom. The number of hydrogen-bond acceptors (Lipinski definition) is 14. The van der Waals surface area contributed by atoms with Crippen molar-refractivity contribution in [3.63, 3.8) is 0 Å². The number of aromatic nitrogens is 2. The van der Waals surface area contributed by atoms with Gasteiger partial charge in [-0.3, -0.25) is 38.9 Å². The lowest BCUT2D eigenvalue weighted by Crippen LogP contribution is -2.54. The zero-order chi connectivity index (χ0) is 44.6. The highest BCUT2D eigenvalue weighted by Crippen LogP contribution is 2.47. The number of para-hydroxylation sites is 1. The molecule has 4 aromatic rings. The number of amides is 4. The number of halogens is 4. The predicted molar refractivity (Wildman–Crippen MR) is 242 cm³/mol. The van der Waals surface area contributed by atoms with Gasteiger partial charge in [0.2, 0.25) is 17.8 Å². The summed E-state index contributed by atoms with van der Waals surface area (Å²) >= 11 is 17.1. The Hall–Kier alpha value is -4.68. The lowest BCUT2D eigenvalue weighted by Gasteiger charge is -2.38. The maximum atomic E-state index is 15.5. The summed E-state index contributed by atoms with van der Waals surface area (Å²) in [5.41, 5.74) is 2.10. The van der Waals surface area contributed by atoms with Gasteiger partial charge in [-0.05, 0) is 90.5 Å². The zero-order valence-corrected chi connectivity index (χ0v) is 38.3. The minimum absolute atomic E-state index is 0.0110.